The Morgan fingerprint density at radius 2 is 1.62 bits per heavy atom. The van der Waals surface area contributed by atoms with Gasteiger partial charge in [0.15, 0.2) is 0 Å². The molecule has 0 saturated carbocycles. The lowest BCUT2D eigenvalue weighted by Crippen LogP contribution is -2.15. The highest BCUT2D eigenvalue weighted by Crippen LogP contribution is 2.22. The van der Waals surface area contributed by atoms with Gasteiger partial charge in [0.2, 0.25) is 0 Å². The summed E-state index contributed by atoms with van der Waals surface area (Å²) in [6.07, 6.45) is 0. The van der Waals surface area contributed by atoms with E-state index in [1.54, 1.807) is 24.3 Å². The van der Waals surface area contributed by atoms with Crippen LogP contribution in [0.4, 0.5) is 5.69 Å². The van der Waals surface area contributed by atoms with E-state index in [9.17, 15) is 14.7 Å². The van der Waals surface area contributed by atoms with Crippen LogP contribution in [0.25, 0.3) is 0 Å². The van der Waals surface area contributed by atoms with Gasteiger partial charge in [0.1, 0.15) is 12.8 Å². The van der Waals surface area contributed by atoms with E-state index >= 15 is 0 Å². The number of anilines is 1. The van der Waals surface area contributed by atoms with E-state index in [4.69, 9.17) is 4.84 Å². The molecule has 0 unspecified atom stereocenters. The quantitative estimate of drug-likeness (QED) is 0.415. The molecule has 7 heteroatoms. The fourth-order valence-corrected chi connectivity index (χ4v) is 3.13. The summed E-state index contributed by atoms with van der Waals surface area (Å²) in [7, 11) is 1.46. The summed E-state index contributed by atoms with van der Waals surface area (Å²) in [6, 6.07) is 21.0. The van der Waals surface area contributed by atoms with Gasteiger partial charge in [-0.3, -0.25) is 4.79 Å². The molecule has 0 aliphatic heterocycles. The van der Waals surface area contributed by atoms with Crippen LogP contribution in [-0.4, -0.2) is 29.8 Å². The normalized spacial score (nSPS) is 11.0. The number of carboxylic acid groups (broad SMARTS) is 1. The zero-order valence-corrected chi connectivity index (χ0v) is 17.0. The van der Waals surface area contributed by atoms with Crippen molar-refractivity contribution in [3.8, 4) is 0 Å². The monoisotopic (exact) mass is 452 g/mol. The van der Waals surface area contributed by atoms with Crippen LogP contribution >= 0.6 is 15.9 Å². The lowest BCUT2D eigenvalue weighted by atomic mass is 10.0. The summed E-state index contributed by atoms with van der Waals surface area (Å²) in [5.41, 5.74) is 2.69. The highest BCUT2D eigenvalue weighted by Gasteiger charge is 2.16. The standard InChI is InChI=1S/C22H17BrN2O4/c1-29-25-20(14-6-3-2-4-7-14)15-8-5-9-16(12-15)21(26)24-19-11-10-17(23)13-18(19)22(27)28/h2-13H,1H3,(H,24,26)(H,27,28). The molecule has 6 nitrogen and oxygen atoms in total. The van der Waals surface area contributed by atoms with Gasteiger partial charge in [0, 0.05) is 21.2 Å². The van der Waals surface area contributed by atoms with Gasteiger partial charge in [0.05, 0.1) is 11.3 Å². The number of nitrogens with one attached hydrogen (secondary N) is 1. The van der Waals surface area contributed by atoms with Crippen LogP contribution in [0.2, 0.25) is 0 Å². The Bertz CT molecular complexity index is 1080. The smallest absolute Gasteiger partial charge is 0.337 e. The van der Waals surface area contributed by atoms with Crippen molar-refractivity contribution in [2.75, 3.05) is 12.4 Å². The third-order valence-electron chi connectivity index (χ3n) is 4.09. The van der Waals surface area contributed by atoms with Crippen molar-refractivity contribution in [2.24, 2.45) is 5.16 Å². The molecule has 0 heterocycles. The molecule has 0 radical (unpaired) electrons. The van der Waals surface area contributed by atoms with E-state index in [2.05, 4.69) is 26.4 Å². The lowest BCUT2D eigenvalue weighted by Gasteiger charge is -2.11. The number of carboxylic acids is 1. The number of halogens is 1. The van der Waals surface area contributed by atoms with Crippen molar-refractivity contribution >= 4 is 39.2 Å². The van der Waals surface area contributed by atoms with E-state index < -0.39 is 11.9 Å². The van der Waals surface area contributed by atoms with Gasteiger partial charge in [0.25, 0.3) is 5.91 Å². The van der Waals surface area contributed by atoms with E-state index in [0.29, 0.717) is 21.3 Å². The molecule has 0 spiro atoms. The van der Waals surface area contributed by atoms with Gasteiger partial charge >= 0.3 is 5.97 Å². The fourth-order valence-electron chi connectivity index (χ4n) is 2.76. The molecule has 2 N–H and O–H groups in total. The van der Waals surface area contributed by atoms with Crippen molar-refractivity contribution < 1.29 is 19.5 Å². The summed E-state index contributed by atoms with van der Waals surface area (Å²) >= 11 is 3.24. The first-order chi connectivity index (χ1) is 14.0. The third kappa shape index (κ3) is 4.89. The summed E-state index contributed by atoms with van der Waals surface area (Å²) in [5, 5.41) is 16.1. The molecular weight excluding hydrogens is 436 g/mol. The maximum Gasteiger partial charge on any atom is 0.337 e. The second-order valence-corrected chi connectivity index (χ2v) is 6.93. The molecular formula is C22H17BrN2O4. The molecule has 3 rings (SSSR count). The van der Waals surface area contributed by atoms with Gasteiger partial charge in [-0.25, -0.2) is 4.79 Å². The Labute approximate surface area is 176 Å². The number of carbonyl (C=O) groups excluding carboxylic acids is 1. The van der Waals surface area contributed by atoms with Crippen LogP contribution in [0.15, 0.2) is 82.4 Å². The van der Waals surface area contributed by atoms with Crippen LogP contribution in [-0.2, 0) is 4.84 Å². The molecule has 29 heavy (non-hydrogen) atoms. The number of carbonyl (C=O) groups is 2. The number of aromatic carboxylic acids is 1. The molecule has 146 valence electrons. The van der Waals surface area contributed by atoms with Gasteiger partial charge < -0.3 is 15.3 Å². The van der Waals surface area contributed by atoms with Gasteiger partial charge in [-0.15, -0.1) is 0 Å². The molecule has 3 aromatic carbocycles. The van der Waals surface area contributed by atoms with E-state index in [0.717, 1.165) is 5.56 Å². The van der Waals surface area contributed by atoms with Crippen LogP contribution in [0, 0.1) is 0 Å². The Morgan fingerprint density at radius 3 is 2.31 bits per heavy atom. The number of hydrogen-bond acceptors (Lipinski definition) is 4. The minimum Gasteiger partial charge on any atom is -0.478 e. The van der Waals surface area contributed by atoms with Crippen molar-refractivity contribution in [2.45, 2.75) is 0 Å². The Kier molecular flexibility index (Phi) is 6.41. The maximum atomic E-state index is 12.8. The molecule has 3 aromatic rings. The predicted octanol–water partition coefficient (Wildman–Crippen LogP) is 4.80. The maximum absolute atomic E-state index is 12.8. The number of amides is 1. The summed E-state index contributed by atoms with van der Waals surface area (Å²) in [5.74, 6) is -1.56. The van der Waals surface area contributed by atoms with Crippen LogP contribution in [0.5, 0.6) is 0 Å². The second-order valence-electron chi connectivity index (χ2n) is 6.02. The topological polar surface area (TPSA) is 88.0 Å². The molecule has 1 amide bonds. The molecule has 0 atom stereocenters. The predicted molar refractivity (Wildman–Crippen MR) is 115 cm³/mol. The van der Waals surface area contributed by atoms with Crippen molar-refractivity contribution in [3.63, 3.8) is 0 Å². The zero-order chi connectivity index (χ0) is 20.8. The van der Waals surface area contributed by atoms with Crippen molar-refractivity contribution in [1.29, 1.82) is 0 Å². The Balaban J connectivity index is 1.93. The Morgan fingerprint density at radius 1 is 0.931 bits per heavy atom. The molecule has 0 saturated heterocycles. The Hall–Kier alpha value is -3.45. The third-order valence-corrected chi connectivity index (χ3v) is 4.58. The van der Waals surface area contributed by atoms with Crippen LogP contribution in [0.1, 0.15) is 31.8 Å². The largest absolute Gasteiger partial charge is 0.478 e. The lowest BCUT2D eigenvalue weighted by molar-refractivity contribution is 0.0698. The number of benzene rings is 3. The highest BCUT2D eigenvalue weighted by molar-refractivity contribution is 9.10. The molecule has 0 aromatic heterocycles. The van der Waals surface area contributed by atoms with Crippen molar-refractivity contribution in [3.05, 3.63) is 99.5 Å². The minimum atomic E-state index is -1.13. The zero-order valence-electron chi connectivity index (χ0n) is 15.4. The molecule has 0 aliphatic carbocycles. The average Bonchev–Trinajstić information content (AvgIpc) is 2.73. The minimum absolute atomic E-state index is 0.00482. The fraction of sp³-hybridized carbons (Fsp3) is 0.0455. The van der Waals surface area contributed by atoms with Crippen LogP contribution < -0.4 is 5.32 Å². The molecule has 0 fully saturated rings. The highest BCUT2D eigenvalue weighted by atomic mass is 79.9. The first-order valence-corrected chi connectivity index (χ1v) is 9.40. The SMILES string of the molecule is CON=C(c1ccccc1)c1cccc(C(=O)Nc2ccc(Br)cc2C(=O)O)c1. The average molecular weight is 453 g/mol. The first-order valence-electron chi connectivity index (χ1n) is 8.61. The van der Waals surface area contributed by atoms with E-state index in [-0.39, 0.29) is 11.3 Å². The number of nitrogens with zero attached hydrogens (tertiary/aromatic N) is 1. The summed E-state index contributed by atoms with van der Waals surface area (Å²) in [6.45, 7) is 0. The molecule has 0 aliphatic rings. The van der Waals surface area contributed by atoms with Gasteiger partial charge in [-0.05, 0) is 30.3 Å². The summed E-state index contributed by atoms with van der Waals surface area (Å²) in [4.78, 5) is 29.2. The van der Waals surface area contributed by atoms with Crippen molar-refractivity contribution in [1.82, 2.24) is 0 Å². The summed E-state index contributed by atoms with van der Waals surface area (Å²) < 4.78 is 0.609. The van der Waals surface area contributed by atoms with Gasteiger partial charge in [-0.2, -0.15) is 0 Å². The van der Waals surface area contributed by atoms with E-state index in [1.165, 1.54) is 19.2 Å². The number of hydrogen-bond donors (Lipinski definition) is 2. The van der Waals surface area contributed by atoms with Gasteiger partial charge in [-0.1, -0.05) is 63.6 Å². The second kappa shape index (κ2) is 9.16. The number of rotatable bonds is 6. The first kappa shape index (κ1) is 20.3. The van der Waals surface area contributed by atoms with Crippen LogP contribution in [0.3, 0.4) is 0 Å². The number of oxime groups is 1. The van der Waals surface area contributed by atoms with E-state index in [1.807, 2.05) is 36.4 Å². The molecule has 0 bridgehead atoms.